The molecule has 0 atom stereocenters. The molecule has 0 saturated heterocycles. The zero-order valence-electron chi connectivity index (χ0n) is 12.5. The van der Waals surface area contributed by atoms with Crippen molar-refractivity contribution in [3.8, 4) is 0 Å². The molecule has 0 radical (unpaired) electrons. The summed E-state index contributed by atoms with van der Waals surface area (Å²) in [7, 11) is 0. The van der Waals surface area contributed by atoms with E-state index in [1.165, 1.54) is 5.56 Å². The SMILES string of the molecule is Cc1cc(F)ccc1C(C)(C)CCNC(C)(C)C. The summed E-state index contributed by atoms with van der Waals surface area (Å²) in [5.41, 5.74) is 2.49. The molecule has 0 aliphatic carbocycles. The second kappa shape index (κ2) is 5.40. The van der Waals surface area contributed by atoms with E-state index in [1.54, 1.807) is 12.1 Å². The van der Waals surface area contributed by atoms with Crippen molar-refractivity contribution in [3.63, 3.8) is 0 Å². The molecule has 0 saturated carbocycles. The maximum Gasteiger partial charge on any atom is 0.123 e. The van der Waals surface area contributed by atoms with Crippen LogP contribution in [0.5, 0.6) is 0 Å². The van der Waals surface area contributed by atoms with Gasteiger partial charge in [-0.3, -0.25) is 0 Å². The van der Waals surface area contributed by atoms with Crippen LogP contribution in [0.2, 0.25) is 0 Å². The third-order valence-electron chi connectivity index (χ3n) is 3.32. The van der Waals surface area contributed by atoms with Gasteiger partial charge in [-0.05, 0) is 69.3 Å². The molecule has 0 aliphatic heterocycles. The molecular weight excluding hydrogens is 225 g/mol. The molecule has 102 valence electrons. The van der Waals surface area contributed by atoms with E-state index in [1.807, 2.05) is 13.0 Å². The van der Waals surface area contributed by atoms with Gasteiger partial charge >= 0.3 is 0 Å². The van der Waals surface area contributed by atoms with Gasteiger partial charge in [0.25, 0.3) is 0 Å². The monoisotopic (exact) mass is 251 g/mol. The van der Waals surface area contributed by atoms with Gasteiger partial charge in [0.2, 0.25) is 0 Å². The zero-order valence-corrected chi connectivity index (χ0v) is 12.5. The van der Waals surface area contributed by atoms with Crippen LogP contribution >= 0.6 is 0 Å². The van der Waals surface area contributed by atoms with Crippen LogP contribution in [0.4, 0.5) is 4.39 Å². The molecule has 18 heavy (non-hydrogen) atoms. The first-order valence-corrected chi connectivity index (χ1v) is 6.63. The van der Waals surface area contributed by atoms with E-state index in [0.29, 0.717) is 0 Å². The molecular formula is C16H26FN. The minimum atomic E-state index is -0.153. The first kappa shape index (κ1) is 15.2. The van der Waals surface area contributed by atoms with Crippen molar-refractivity contribution >= 4 is 0 Å². The Morgan fingerprint density at radius 1 is 1.11 bits per heavy atom. The maximum absolute atomic E-state index is 13.1. The maximum atomic E-state index is 13.1. The summed E-state index contributed by atoms with van der Waals surface area (Å²) in [5.74, 6) is -0.153. The Hall–Kier alpha value is -0.890. The smallest absolute Gasteiger partial charge is 0.123 e. The molecule has 0 unspecified atom stereocenters. The molecule has 0 bridgehead atoms. The van der Waals surface area contributed by atoms with E-state index >= 15 is 0 Å². The molecule has 1 aromatic rings. The number of aryl methyl sites for hydroxylation is 1. The minimum Gasteiger partial charge on any atom is -0.312 e. The summed E-state index contributed by atoms with van der Waals surface area (Å²) in [4.78, 5) is 0. The lowest BCUT2D eigenvalue weighted by Crippen LogP contribution is -2.38. The van der Waals surface area contributed by atoms with Gasteiger partial charge in [0.15, 0.2) is 0 Å². The van der Waals surface area contributed by atoms with Crippen molar-refractivity contribution in [1.82, 2.24) is 5.32 Å². The summed E-state index contributed by atoms with van der Waals surface area (Å²) in [6.45, 7) is 13.9. The van der Waals surface area contributed by atoms with E-state index in [-0.39, 0.29) is 16.8 Å². The molecule has 1 aromatic carbocycles. The molecule has 0 spiro atoms. The van der Waals surface area contributed by atoms with Crippen LogP contribution < -0.4 is 5.32 Å². The lowest BCUT2D eigenvalue weighted by atomic mass is 9.79. The lowest BCUT2D eigenvalue weighted by Gasteiger charge is -2.29. The average Bonchev–Trinajstić information content (AvgIpc) is 2.13. The lowest BCUT2D eigenvalue weighted by molar-refractivity contribution is 0.378. The van der Waals surface area contributed by atoms with Crippen molar-refractivity contribution in [3.05, 3.63) is 35.1 Å². The van der Waals surface area contributed by atoms with E-state index in [4.69, 9.17) is 0 Å². The highest BCUT2D eigenvalue weighted by Gasteiger charge is 2.23. The first-order chi connectivity index (χ1) is 8.12. The summed E-state index contributed by atoms with van der Waals surface area (Å²) in [6, 6.07) is 5.09. The van der Waals surface area contributed by atoms with Crippen molar-refractivity contribution < 1.29 is 4.39 Å². The Morgan fingerprint density at radius 2 is 1.72 bits per heavy atom. The average molecular weight is 251 g/mol. The fraction of sp³-hybridized carbons (Fsp3) is 0.625. The summed E-state index contributed by atoms with van der Waals surface area (Å²) < 4.78 is 13.1. The van der Waals surface area contributed by atoms with Crippen LogP contribution in [0.1, 0.15) is 52.2 Å². The molecule has 1 N–H and O–H groups in total. The molecule has 0 aliphatic rings. The van der Waals surface area contributed by atoms with Gasteiger partial charge in [0.1, 0.15) is 5.82 Å². The number of nitrogens with one attached hydrogen (secondary N) is 1. The van der Waals surface area contributed by atoms with E-state index < -0.39 is 0 Å². The molecule has 2 heteroatoms. The number of rotatable bonds is 4. The molecule has 1 nitrogen and oxygen atoms in total. The predicted molar refractivity (Wildman–Crippen MR) is 76.5 cm³/mol. The number of benzene rings is 1. The Labute approximate surface area is 111 Å². The van der Waals surface area contributed by atoms with Crippen LogP contribution in [0.15, 0.2) is 18.2 Å². The molecule has 0 aromatic heterocycles. The standard InChI is InChI=1S/C16H26FN/c1-12-11-13(17)7-8-14(12)16(5,6)9-10-18-15(2,3)4/h7-8,11,18H,9-10H2,1-6H3. The third-order valence-corrected chi connectivity index (χ3v) is 3.32. The third kappa shape index (κ3) is 4.41. The van der Waals surface area contributed by atoms with Crippen LogP contribution in [-0.2, 0) is 5.41 Å². The van der Waals surface area contributed by atoms with Crippen LogP contribution in [-0.4, -0.2) is 12.1 Å². The largest absolute Gasteiger partial charge is 0.312 e. The van der Waals surface area contributed by atoms with Gasteiger partial charge in [-0.2, -0.15) is 0 Å². The molecule has 1 rings (SSSR count). The molecule has 0 heterocycles. The fourth-order valence-corrected chi connectivity index (χ4v) is 2.27. The van der Waals surface area contributed by atoms with Crippen LogP contribution in [0, 0.1) is 12.7 Å². The molecule has 0 amide bonds. The van der Waals surface area contributed by atoms with Gasteiger partial charge < -0.3 is 5.32 Å². The highest BCUT2D eigenvalue weighted by atomic mass is 19.1. The van der Waals surface area contributed by atoms with E-state index in [0.717, 1.165) is 18.5 Å². The Morgan fingerprint density at radius 3 is 2.22 bits per heavy atom. The van der Waals surface area contributed by atoms with E-state index in [9.17, 15) is 4.39 Å². The highest BCUT2D eigenvalue weighted by molar-refractivity contribution is 5.32. The van der Waals surface area contributed by atoms with Crippen molar-refractivity contribution in [2.75, 3.05) is 6.54 Å². The van der Waals surface area contributed by atoms with Crippen LogP contribution in [0.3, 0.4) is 0 Å². The molecule has 0 fully saturated rings. The van der Waals surface area contributed by atoms with Gasteiger partial charge in [-0.1, -0.05) is 19.9 Å². The van der Waals surface area contributed by atoms with Gasteiger partial charge in [-0.15, -0.1) is 0 Å². The number of hydrogen-bond acceptors (Lipinski definition) is 1. The highest BCUT2D eigenvalue weighted by Crippen LogP contribution is 2.29. The van der Waals surface area contributed by atoms with E-state index in [2.05, 4.69) is 39.9 Å². The minimum absolute atomic E-state index is 0.0655. The quantitative estimate of drug-likeness (QED) is 0.846. The van der Waals surface area contributed by atoms with Gasteiger partial charge in [-0.25, -0.2) is 4.39 Å². The summed E-state index contributed by atoms with van der Waals surface area (Å²) >= 11 is 0. The summed E-state index contributed by atoms with van der Waals surface area (Å²) in [6.07, 6.45) is 1.04. The van der Waals surface area contributed by atoms with Gasteiger partial charge in [0, 0.05) is 5.54 Å². The Balaban J connectivity index is 2.73. The topological polar surface area (TPSA) is 12.0 Å². The second-order valence-electron chi connectivity index (χ2n) is 6.77. The summed E-state index contributed by atoms with van der Waals surface area (Å²) in [5, 5.41) is 3.50. The van der Waals surface area contributed by atoms with Crippen LogP contribution in [0.25, 0.3) is 0 Å². The Kier molecular flexibility index (Phi) is 4.55. The normalized spacial score (nSPS) is 12.8. The van der Waals surface area contributed by atoms with Gasteiger partial charge in [0.05, 0.1) is 0 Å². The number of halogens is 1. The first-order valence-electron chi connectivity index (χ1n) is 6.63. The van der Waals surface area contributed by atoms with Crippen molar-refractivity contribution in [2.24, 2.45) is 0 Å². The zero-order chi connectivity index (χ0) is 14.0. The number of hydrogen-bond donors (Lipinski definition) is 1. The fourth-order valence-electron chi connectivity index (χ4n) is 2.27. The van der Waals surface area contributed by atoms with Crippen molar-refractivity contribution in [1.29, 1.82) is 0 Å². The Bertz CT molecular complexity index is 402. The second-order valence-corrected chi connectivity index (χ2v) is 6.77. The predicted octanol–water partition coefficient (Wildman–Crippen LogP) is 4.19. The van der Waals surface area contributed by atoms with Crippen molar-refractivity contribution in [2.45, 2.75) is 58.9 Å².